The molecule has 0 aliphatic rings. The monoisotopic (exact) mass is 494 g/mol. The maximum absolute atomic E-state index is 5.30. The molecule has 0 spiro atoms. The van der Waals surface area contributed by atoms with Gasteiger partial charge in [-0.05, 0) is 40.1 Å². The molecule has 200 valence electrons. The largest absolute Gasteiger partial charge is 0.331 e. The van der Waals surface area contributed by atoms with E-state index < -0.39 is 5.97 Å². The Morgan fingerprint density at radius 2 is 0.778 bits per heavy atom. The Kier molecular flexibility index (Phi) is 15.4. The lowest BCUT2D eigenvalue weighted by atomic mass is 10.0. The summed E-state index contributed by atoms with van der Waals surface area (Å²) in [5, 5.41) is 5.25. The number of ether oxygens (including phenoxy) is 3. The predicted molar refractivity (Wildman–Crippen MR) is 156 cm³/mol. The third-order valence-electron chi connectivity index (χ3n) is 7.13. The van der Waals surface area contributed by atoms with Gasteiger partial charge in [0.1, 0.15) is 0 Å². The molecule has 3 rings (SSSR count). The van der Waals surface area contributed by atoms with E-state index in [0.29, 0.717) is 0 Å². The average molecular weight is 495 g/mol. The van der Waals surface area contributed by atoms with Crippen molar-refractivity contribution in [3.8, 4) is 0 Å². The first kappa shape index (κ1) is 30.3. The highest BCUT2D eigenvalue weighted by atomic mass is 16.9. The van der Waals surface area contributed by atoms with E-state index >= 15 is 0 Å². The maximum Gasteiger partial charge on any atom is 0.282 e. The number of methoxy groups -OCH3 is 3. The van der Waals surface area contributed by atoms with Crippen molar-refractivity contribution < 1.29 is 14.2 Å². The Morgan fingerprint density at radius 1 is 0.472 bits per heavy atom. The lowest BCUT2D eigenvalue weighted by Gasteiger charge is -2.28. The molecule has 0 bridgehead atoms. The van der Waals surface area contributed by atoms with Crippen LogP contribution in [0.15, 0.2) is 60.7 Å². The Hall–Kier alpha value is -1.94. The first-order valence-corrected chi connectivity index (χ1v) is 14.2. The maximum atomic E-state index is 5.30. The van der Waals surface area contributed by atoms with Crippen LogP contribution in [0.25, 0.3) is 21.5 Å². The zero-order chi connectivity index (χ0) is 25.9. The Bertz CT molecular complexity index is 834. The fraction of sp³-hybridized carbons (Fsp3) is 0.576. The molecule has 0 fully saturated rings. The summed E-state index contributed by atoms with van der Waals surface area (Å²) in [5.41, 5.74) is 0. The lowest BCUT2D eigenvalue weighted by molar-refractivity contribution is -0.355. The summed E-state index contributed by atoms with van der Waals surface area (Å²) in [7, 11) is 4.90. The van der Waals surface area contributed by atoms with Crippen LogP contribution < -0.4 is 0 Å². The number of benzene rings is 3. The zero-order valence-electron chi connectivity index (χ0n) is 23.4. The number of hydrogen-bond donors (Lipinski definition) is 0. The van der Waals surface area contributed by atoms with E-state index in [1.807, 2.05) is 0 Å². The minimum atomic E-state index is -0.836. The predicted octanol–water partition coefficient (Wildman–Crippen LogP) is 10.1. The van der Waals surface area contributed by atoms with Gasteiger partial charge in [0, 0.05) is 27.8 Å². The zero-order valence-corrected chi connectivity index (χ0v) is 23.4. The molecular formula is C33H50O3. The average Bonchev–Trinajstić information content (AvgIpc) is 2.93. The normalized spacial score (nSPS) is 11.6. The summed E-state index contributed by atoms with van der Waals surface area (Å²) in [6.07, 6.45) is 18.5. The first-order chi connectivity index (χ1) is 17.7. The fourth-order valence-electron chi connectivity index (χ4n) is 4.80. The van der Waals surface area contributed by atoms with Crippen molar-refractivity contribution in [2.75, 3.05) is 21.3 Å². The van der Waals surface area contributed by atoms with Crippen LogP contribution >= 0.6 is 0 Å². The molecule has 0 atom stereocenters. The van der Waals surface area contributed by atoms with Gasteiger partial charge in [0.2, 0.25) is 0 Å². The van der Waals surface area contributed by atoms with Crippen LogP contribution in [0.4, 0.5) is 0 Å². The van der Waals surface area contributed by atoms with E-state index in [0.717, 1.165) is 12.8 Å². The number of hydrogen-bond acceptors (Lipinski definition) is 3. The SMILES string of the molecule is CCCCCCCCCCCCCCCC(OC)(OC)OC.c1ccc2cc3ccccc3cc2c1. The second-order valence-corrected chi connectivity index (χ2v) is 9.83. The van der Waals surface area contributed by atoms with Crippen LogP contribution in [-0.2, 0) is 14.2 Å². The smallest absolute Gasteiger partial charge is 0.282 e. The highest BCUT2D eigenvalue weighted by molar-refractivity contribution is 5.98. The highest BCUT2D eigenvalue weighted by Crippen LogP contribution is 2.23. The molecule has 3 aromatic carbocycles. The molecular weight excluding hydrogens is 444 g/mol. The van der Waals surface area contributed by atoms with Gasteiger partial charge in [0.25, 0.3) is 5.97 Å². The Balaban J connectivity index is 0.000000275. The molecule has 0 aliphatic carbocycles. The van der Waals surface area contributed by atoms with Crippen molar-refractivity contribution in [1.82, 2.24) is 0 Å². The van der Waals surface area contributed by atoms with Gasteiger partial charge in [-0.15, -0.1) is 0 Å². The van der Waals surface area contributed by atoms with Gasteiger partial charge >= 0.3 is 0 Å². The van der Waals surface area contributed by atoms with Crippen molar-refractivity contribution >= 4 is 21.5 Å². The molecule has 0 heterocycles. The molecule has 0 radical (unpaired) electrons. The molecule has 0 aliphatic heterocycles. The summed E-state index contributed by atoms with van der Waals surface area (Å²) >= 11 is 0. The van der Waals surface area contributed by atoms with Crippen molar-refractivity contribution in [3.63, 3.8) is 0 Å². The molecule has 3 aromatic rings. The molecule has 3 nitrogen and oxygen atoms in total. The van der Waals surface area contributed by atoms with Gasteiger partial charge in [0.15, 0.2) is 0 Å². The molecule has 0 amide bonds. The Labute approximate surface area is 220 Å². The van der Waals surface area contributed by atoms with E-state index in [1.165, 1.54) is 98.6 Å². The van der Waals surface area contributed by atoms with Crippen LogP contribution in [0.1, 0.15) is 96.8 Å². The highest BCUT2D eigenvalue weighted by Gasteiger charge is 2.28. The van der Waals surface area contributed by atoms with E-state index in [2.05, 4.69) is 67.6 Å². The van der Waals surface area contributed by atoms with Crippen molar-refractivity contribution in [1.29, 1.82) is 0 Å². The van der Waals surface area contributed by atoms with Gasteiger partial charge in [0.05, 0.1) is 0 Å². The van der Waals surface area contributed by atoms with Gasteiger partial charge in [-0.2, -0.15) is 0 Å². The third-order valence-corrected chi connectivity index (χ3v) is 7.13. The summed E-state index contributed by atoms with van der Waals surface area (Å²) in [6.45, 7) is 2.28. The summed E-state index contributed by atoms with van der Waals surface area (Å²) in [5.74, 6) is -0.836. The number of fused-ring (bicyclic) bond motifs is 2. The van der Waals surface area contributed by atoms with Crippen molar-refractivity contribution in [2.24, 2.45) is 0 Å². The van der Waals surface area contributed by atoms with E-state index in [9.17, 15) is 0 Å². The first-order valence-electron chi connectivity index (χ1n) is 14.2. The fourth-order valence-corrected chi connectivity index (χ4v) is 4.80. The lowest BCUT2D eigenvalue weighted by Crippen LogP contribution is -2.35. The molecule has 3 heteroatoms. The van der Waals surface area contributed by atoms with Crippen LogP contribution in [0.2, 0.25) is 0 Å². The minimum absolute atomic E-state index is 0.800. The van der Waals surface area contributed by atoms with Gasteiger partial charge in [-0.3, -0.25) is 0 Å². The molecule has 0 unspecified atom stereocenters. The number of unbranched alkanes of at least 4 members (excludes halogenated alkanes) is 12. The van der Waals surface area contributed by atoms with Crippen LogP contribution in [0.3, 0.4) is 0 Å². The summed E-state index contributed by atoms with van der Waals surface area (Å²) < 4.78 is 15.9. The van der Waals surface area contributed by atoms with Gasteiger partial charge in [-0.1, -0.05) is 133 Å². The minimum Gasteiger partial charge on any atom is -0.331 e. The quantitative estimate of drug-likeness (QED) is 0.106. The van der Waals surface area contributed by atoms with Gasteiger partial charge < -0.3 is 14.2 Å². The molecule has 0 N–H and O–H groups in total. The Morgan fingerprint density at radius 3 is 1.08 bits per heavy atom. The van der Waals surface area contributed by atoms with Crippen LogP contribution in [0.5, 0.6) is 0 Å². The van der Waals surface area contributed by atoms with Crippen LogP contribution in [0, 0.1) is 0 Å². The standard InChI is InChI=1S/C19H40O3.C14H10/c1-5-6-7-8-9-10-11-12-13-14-15-16-17-18-19(20-2,21-3)22-4;1-2-6-12-10-14-8-4-3-7-13(14)9-11(12)5-1/h5-18H2,1-4H3;1-10H. The van der Waals surface area contributed by atoms with Gasteiger partial charge in [-0.25, -0.2) is 0 Å². The van der Waals surface area contributed by atoms with E-state index in [1.54, 1.807) is 21.3 Å². The third kappa shape index (κ3) is 11.0. The molecule has 0 saturated carbocycles. The van der Waals surface area contributed by atoms with E-state index in [4.69, 9.17) is 14.2 Å². The molecule has 36 heavy (non-hydrogen) atoms. The second-order valence-electron chi connectivity index (χ2n) is 9.83. The van der Waals surface area contributed by atoms with Crippen LogP contribution in [-0.4, -0.2) is 27.3 Å². The van der Waals surface area contributed by atoms with Crippen molar-refractivity contribution in [2.45, 2.75) is 103 Å². The topological polar surface area (TPSA) is 27.7 Å². The molecule has 0 aromatic heterocycles. The molecule has 0 saturated heterocycles. The summed E-state index contributed by atoms with van der Waals surface area (Å²) in [6, 6.07) is 21.4. The number of rotatable bonds is 17. The summed E-state index contributed by atoms with van der Waals surface area (Å²) in [4.78, 5) is 0. The second kappa shape index (κ2) is 18.3. The van der Waals surface area contributed by atoms with E-state index in [-0.39, 0.29) is 0 Å². The van der Waals surface area contributed by atoms with Crippen molar-refractivity contribution in [3.05, 3.63) is 60.7 Å².